The molecule has 0 radical (unpaired) electrons. The summed E-state index contributed by atoms with van der Waals surface area (Å²) in [6.07, 6.45) is 1.52. The zero-order chi connectivity index (χ0) is 15.4. The number of aromatic nitrogens is 2. The van der Waals surface area contributed by atoms with Gasteiger partial charge in [0, 0.05) is 10.7 Å². The van der Waals surface area contributed by atoms with Gasteiger partial charge in [0.25, 0.3) is 0 Å². The lowest BCUT2D eigenvalue weighted by Crippen LogP contribution is -2.07. The summed E-state index contributed by atoms with van der Waals surface area (Å²) in [6.45, 7) is 6.00. The zero-order valence-electron chi connectivity index (χ0n) is 12.4. The van der Waals surface area contributed by atoms with Crippen LogP contribution in [0.1, 0.15) is 36.2 Å². The van der Waals surface area contributed by atoms with Gasteiger partial charge >= 0.3 is 0 Å². The minimum atomic E-state index is 0.483. The fraction of sp³-hybridized carbons (Fsp3) is 0.312. The molecule has 0 amide bonds. The van der Waals surface area contributed by atoms with E-state index in [4.69, 9.17) is 11.6 Å². The molecule has 0 aliphatic carbocycles. The van der Waals surface area contributed by atoms with Crippen molar-refractivity contribution in [1.29, 1.82) is 5.26 Å². The third-order valence-electron chi connectivity index (χ3n) is 3.41. The van der Waals surface area contributed by atoms with E-state index in [9.17, 15) is 5.26 Å². The Hall–Kier alpha value is -2.12. The largest absolute Gasteiger partial charge is 0.337 e. The Morgan fingerprint density at radius 3 is 2.62 bits per heavy atom. The van der Waals surface area contributed by atoms with E-state index in [2.05, 4.69) is 21.6 Å². The van der Waals surface area contributed by atoms with E-state index in [1.165, 1.54) is 0 Å². The van der Waals surface area contributed by atoms with Gasteiger partial charge in [-0.1, -0.05) is 31.5 Å². The molecule has 1 aromatic heterocycles. The SMILES string of the molecule is CCc1nnc(Nc2cc(Cl)ccc2C)c(C#N)c1CC. The molecule has 0 saturated heterocycles. The van der Waals surface area contributed by atoms with Gasteiger partial charge in [0.1, 0.15) is 11.6 Å². The number of aryl methyl sites for hydroxylation is 2. The quantitative estimate of drug-likeness (QED) is 0.920. The van der Waals surface area contributed by atoms with Gasteiger partial charge in [-0.25, -0.2) is 0 Å². The minimum absolute atomic E-state index is 0.483. The van der Waals surface area contributed by atoms with E-state index in [-0.39, 0.29) is 0 Å². The number of benzene rings is 1. The molecule has 0 bridgehead atoms. The Bertz CT molecular complexity index is 704. The lowest BCUT2D eigenvalue weighted by molar-refractivity contribution is 0.877. The fourth-order valence-electron chi connectivity index (χ4n) is 2.24. The molecule has 0 unspecified atom stereocenters. The Balaban J connectivity index is 2.50. The first kappa shape index (κ1) is 15.3. The summed E-state index contributed by atoms with van der Waals surface area (Å²) in [5.41, 5.74) is 4.26. The van der Waals surface area contributed by atoms with Crippen LogP contribution in [0.15, 0.2) is 18.2 Å². The molecule has 4 nitrogen and oxygen atoms in total. The van der Waals surface area contributed by atoms with Crippen LogP contribution < -0.4 is 5.32 Å². The first-order valence-electron chi connectivity index (χ1n) is 6.92. The second kappa shape index (κ2) is 6.55. The lowest BCUT2D eigenvalue weighted by atomic mass is 10.0. The van der Waals surface area contributed by atoms with Crippen LogP contribution in [0.2, 0.25) is 5.02 Å². The van der Waals surface area contributed by atoms with Crippen LogP contribution in [0.25, 0.3) is 0 Å². The molecule has 2 aromatic rings. The van der Waals surface area contributed by atoms with Gasteiger partial charge in [0.15, 0.2) is 5.82 Å². The summed E-state index contributed by atoms with van der Waals surface area (Å²) < 4.78 is 0. The van der Waals surface area contributed by atoms with Gasteiger partial charge in [0.05, 0.1) is 5.69 Å². The van der Waals surface area contributed by atoms with Gasteiger partial charge in [0.2, 0.25) is 0 Å². The van der Waals surface area contributed by atoms with Gasteiger partial charge < -0.3 is 5.32 Å². The van der Waals surface area contributed by atoms with Crippen molar-refractivity contribution in [3.63, 3.8) is 0 Å². The van der Waals surface area contributed by atoms with Gasteiger partial charge in [-0.3, -0.25) is 0 Å². The molecule has 0 saturated carbocycles. The third-order valence-corrected chi connectivity index (χ3v) is 3.65. The second-order valence-corrected chi connectivity index (χ2v) is 5.19. The second-order valence-electron chi connectivity index (χ2n) is 4.75. The normalized spacial score (nSPS) is 10.2. The lowest BCUT2D eigenvalue weighted by Gasteiger charge is -2.13. The van der Waals surface area contributed by atoms with Crippen LogP contribution >= 0.6 is 11.6 Å². The molecule has 1 heterocycles. The standard InChI is InChI=1S/C16H17ClN4/c1-4-12-13(9-18)16(21-20-14(12)5-2)19-15-8-11(17)7-6-10(15)3/h6-8H,4-5H2,1-3H3,(H,19,21). The predicted molar refractivity (Wildman–Crippen MR) is 85.0 cm³/mol. The van der Waals surface area contributed by atoms with E-state index in [0.29, 0.717) is 16.4 Å². The highest BCUT2D eigenvalue weighted by Crippen LogP contribution is 2.27. The summed E-state index contributed by atoms with van der Waals surface area (Å²) in [5, 5.41) is 21.7. The Morgan fingerprint density at radius 1 is 1.24 bits per heavy atom. The van der Waals surface area contributed by atoms with Gasteiger partial charge in [-0.15, -0.1) is 5.10 Å². The monoisotopic (exact) mass is 300 g/mol. The predicted octanol–water partition coefficient (Wildman–Crippen LogP) is 4.18. The van der Waals surface area contributed by atoms with Crippen molar-refractivity contribution in [1.82, 2.24) is 10.2 Å². The summed E-state index contributed by atoms with van der Waals surface area (Å²) in [7, 11) is 0. The van der Waals surface area contributed by atoms with Crippen LogP contribution in [0.3, 0.4) is 0 Å². The molecular formula is C16H17ClN4. The smallest absolute Gasteiger partial charge is 0.171 e. The van der Waals surface area contributed by atoms with Crippen molar-refractivity contribution >= 4 is 23.1 Å². The highest BCUT2D eigenvalue weighted by Gasteiger charge is 2.15. The number of rotatable bonds is 4. The molecular weight excluding hydrogens is 284 g/mol. The van der Waals surface area contributed by atoms with E-state index in [0.717, 1.165) is 35.3 Å². The van der Waals surface area contributed by atoms with Crippen LogP contribution in [0.5, 0.6) is 0 Å². The Labute approximate surface area is 129 Å². The Morgan fingerprint density at radius 2 is 2.00 bits per heavy atom. The molecule has 108 valence electrons. The minimum Gasteiger partial charge on any atom is -0.337 e. The van der Waals surface area contributed by atoms with E-state index >= 15 is 0 Å². The van der Waals surface area contributed by atoms with Crippen molar-refractivity contribution in [2.24, 2.45) is 0 Å². The maximum absolute atomic E-state index is 9.47. The number of anilines is 2. The van der Waals surface area contributed by atoms with Crippen molar-refractivity contribution in [2.45, 2.75) is 33.6 Å². The van der Waals surface area contributed by atoms with E-state index < -0.39 is 0 Å². The van der Waals surface area contributed by atoms with Crippen molar-refractivity contribution < 1.29 is 0 Å². The number of hydrogen-bond acceptors (Lipinski definition) is 4. The van der Waals surface area contributed by atoms with E-state index in [1.54, 1.807) is 0 Å². The molecule has 5 heteroatoms. The molecule has 0 aliphatic heterocycles. The molecule has 0 atom stereocenters. The van der Waals surface area contributed by atoms with Crippen LogP contribution in [0, 0.1) is 18.3 Å². The Kier molecular flexibility index (Phi) is 4.77. The van der Waals surface area contributed by atoms with Crippen molar-refractivity contribution in [2.75, 3.05) is 5.32 Å². The molecule has 21 heavy (non-hydrogen) atoms. The molecule has 0 fully saturated rings. The third kappa shape index (κ3) is 3.14. The molecule has 1 N–H and O–H groups in total. The van der Waals surface area contributed by atoms with E-state index in [1.807, 2.05) is 39.0 Å². The summed E-state index contributed by atoms with van der Waals surface area (Å²) >= 11 is 6.02. The maximum atomic E-state index is 9.47. The number of nitrogens with zero attached hydrogens (tertiary/aromatic N) is 3. The molecule has 0 spiro atoms. The number of nitriles is 1. The van der Waals surface area contributed by atoms with Crippen molar-refractivity contribution in [3.8, 4) is 6.07 Å². The summed E-state index contributed by atoms with van der Waals surface area (Å²) in [4.78, 5) is 0. The zero-order valence-corrected chi connectivity index (χ0v) is 13.1. The summed E-state index contributed by atoms with van der Waals surface area (Å²) in [5.74, 6) is 0.483. The van der Waals surface area contributed by atoms with Crippen LogP contribution in [-0.2, 0) is 12.8 Å². The molecule has 2 rings (SSSR count). The number of hydrogen-bond donors (Lipinski definition) is 1. The highest BCUT2D eigenvalue weighted by molar-refractivity contribution is 6.30. The number of halogens is 1. The highest BCUT2D eigenvalue weighted by atomic mass is 35.5. The van der Waals surface area contributed by atoms with Crippen LogP contribution in [0.4, 0.5) is 11.5 Å². The first-order chi connectivity index (χ1) is 10.1. The maximum Gasteiger partial charge on any atom is 0.171 e. The molecule has 0 aliphatic rings. The molecule has 1 aromatic carbocycles. The van der Waals surface area contributed by atoms with Gasteiger partial charge in [-0.2, -0.15) is 10.4 Å². The van der Waals surface area contributed by atoms with Crippen molar-refractivity contribution in [3.05, 3.63) is 45.6 Å². The van der Waals surface area contributed by atoms with Crippen LogP contribution in [-0.4, -0.2) is 10.2 Å². The fourth-order valence-corrected chi connectivity index (χ4v) is 2.41. The average Bonchev–Trinajstić information content (AvgIpc) is 2.50. The first-order valence-corrected chi connectivity index (χ1v) is 7.30. The number of nitrogens with one attached hydrogen (secondary N) is 1. The average molecular weight is 301 g/mol. The topological polar surface area (TPSA) is 61.6 Å². The van der Waals surface area contributed by atoms with Gasteiger partial charge in [-0.05, 0) is 43.0 Å². The summed E-state index contributed by atoms with van der Waals surface area (Å²) in [6, 6.07) is 7.82.